The maximum absolute atomic E-state index is 12.7. The van der Waals surface area contributed by atoms with Crippen molar-refractivity contribution in [2.45, 2.75) is 29.5 Å². The molecule has 0 unspecified atom stereocenters. The van der Waals surface area contributed by atoms with Crippen molar-refractivity contribution in [1.29, 1.82) is 0 Å². The Morgan fingerprint density at radius 2 is 2.00 bits per heavy atom. The van der Waals surface area contributed by atoms with Gasteiger partial charge in [0.1, 0.15) is 4.21 Å². The average Bonchev–Trinajstić information content (AvgIpc) is 2.82. The Labute approximate surface area is 149 Å². The molecule has 124 valence electrons. The van der Waals surface area contributed by atoms with E-state index < -0.39 is 10.0 Å². The lowest BCUT2D eigenvalue weighted by Crippen LogP contribution is -2.41. The van der Waals surface area contributed by atoms with E-state index in [0.717, 1.165) is 23.3 Å². The fourth-order valence-corrected chi connectivity index (χ4v) is 7.92. The van der Waals surface area contributed by atoms with Gasteiger partial charge < -0.3 is 0 Å². The van der Waals surface area contributed by atoms with Gasteiger partial charge >= 0.3 is 0 Å². The molecule has 3 rings (SSSR count). The topological polar surface area (TPSA) is 40.6 Å². The molecule has 22 heavy (non-hydrogen) atoms. The third kappa shape index (κ3) is 3.89. The summed E-state index contributed by atoms with van der Waals surface area (Å²) in [7, 11) is -3.33. The molecule has 8 heteroatoms. The number of rotatable bonds is 3. The third-order valence-corrected chi connectivity index (χ3v) is 9.47. The Hall–Kier alpha value is 0.400. The molecule has 1 aromatic rings. The maximum atomic E-state index is 12.7. The van der Waals surface area contributed by atoms with Gasteiger partial charge in [0.15, 0.2) is 0 Å². The molecule has 2 aliphatic rings. The second kappa shape index (κ2) is 7.53. The smallest absolute Gasteiger partial charge is 0.252 e. The zero-order valence-electron chi connectivity index (χ0n) is 12.4. The first kappa shape index (κ1) is 17.2. The quantitative estimate of drug-likeness (QED) is 0.746. The second-order valence-electron chi connectivity index (χ2n) is 5.72. The molecule has 1 atom stereocenters. The minimum atomic E-state index is -3.33. The fourth-order valence-electron chi connectivity index (χ4n) is 3.09. The summed E-state index contributed by atoms with van der Waals surface area (Å²) in [5.74, 6) is 2.47. The highest BCUT2D eigenvalue weighted by molar-refractivity contribution is 9.11. The van der Waals surface area contributed by atoms with E-state index in [-0.39, 0.29) is 0 Å². The summed E-state index contributed by atoms with van der Waals surface area (Å²) in [5.41, 5.74) is 0. The van der Waals surface area contributed by atoms with Gasteiger partial charge in [0.05, 0.1) is 3.79 Å². The number of hydrogen-bond acceptors (Lipinski definition) is 5. The molecule has 0 radical (unpaired) electrons. The fraction of sp³-hybridized carbons (Fsp3) is 0.714. The van der Waals surface area contributed by atoms with Crippen molar-refractivity contribution in [3.63, 3.8) is 0 Å². The van der Waals surface area contributed by atoms with Gasteiger partial charge in [0, 0.05) is 31.4 Å². The van der Waals surface area contributed by atoms with E-state index in [1.807, 2.05) is 11.8 Å². The van der Waals surface area contributed by atoms with Crippen molar-refractivity contribution in [3.05, 3.63) is 15.9 Å². The monoisotopic (exact) mass is 424 g/mol. The lowest BCUT2D eigenvalue weighted by atomic mass is 10.1. The van der Waals surface area contributed by atoms with E-state index in [9.17, 15) is 8.42 Å². The van der Waals surface area contributed by atoms with Crippen molar-refractivity contribution in [2.24, 2.45) is 0 Å². The van der Waals surface area contributed by atoms with E-state index in [4.69, 9.17) is 0 Å². The summed E-state index contributed by atoms with van der Waals surface area (Å²) in [6.07, 6.45) is 3.47. The molecule has 0 spiro atoms. The Kier molecular flexibility index (Phi) is 5.89. The molecule has 4 nitrogen and oxygen atoms in total. The summed E-state index contributed by atoms with van der Waals surface area (Å²) in [6, 6.07) is 4.14. The maximum Gasteiger partial charge on any atom is 0.252 e. The minimum Gasteiger partial charge on any atom is -0.298 e. The van der Waals surface area contributed by atoms with Crippen molar-refractivity contribution in [1.82, 2.24) is 9.21 Å². The molecule has 0 aromatic carbocycles. The van der Waals surface area contributed by atoms with Crippen molar-refractivity contribution in [3.8, 4) is 0 Å². The minimum absolute atomic E-state index is 0.445. The molecule has 2 saturated heterocycles. The summed E-state index contributed by atoms with van der Waals surface area (Å²) in [5, 5.41) is 0. The van der Waals surface area contributed by atoms with Gasteiger partial charge in [-0.2, -0.15) is 16.1 Å². The van der Waals surface area contributed by atoms with Crippen LogP contribution in [0.5, 0.6) is 0 Å². The number of halogens is 1. The Morgan fingerprint density at radius 1 is 1.14 bits per heavy atom. The van der Waals surface area contributed by atoms with E-state index in [2.05, 4.69) is 20.8 Å². The molecule has 0 aliphatic carbocycles. The Morgan fingerprint density at radius 3 is 2.68 bits per heavy atom. The zero-order chi connectivity index (χ0) is 15.6. The lowest BCUT2D eigenvalue weighted by molar-refractivity contribution is 0.210. The Balaban J connectivity index is 1.67. The third-order valence-electron chi connectivity index (χ3n) is 4.28. The average molecular weight is 425 g/mol. The van der Waals surface area contributed by atoms with Crippen LogP contribution in [0.25, 0.3) is 0 Å². The molecule has 1 aromatic heterocycles. The van der Waals surface area contributed by atoms with Crippen LogP contribution in [0.3, 0.4) is 0 Å². The van der Waals surface area contributed by atoms with Gasteiger partial charge in [-0.05, 0) is 59.6 Å². The number of sulfonamides is 1. The molecular weight excluding hydrogens is 404 g/mol. The molecular formula is C14H21BrN2O2S3. The van der Waals surface area contributed by atoms with E-state index in [1.165, 1.54) is 35.7 Å². The number of nitrogens with zero attached hydrogens (tertiary/aromatic N) is 2. The van der Waals surface area contributed by atoms with Gasteiger partial charge in [0.25, 0.3) is 10.0 Å². The number of hydrogen-bond donors (Lipinski definition) is 0. The first-order valence-electron chi connectivity index (χ1n) is 7.64. The molecule has 3 heterocycles. The predicted molar refractivity (Wildman–Crippen MR) is 97.3 cm³/mol. The van der Waals surface area contributed by atoms with Crippen LogP contribution in [0.2, 0.25) is 0 Å². The molecule has 2 fully saturated rings. The van der Waals surface area contributed by atoms with Crippen LogP contribution in [0.1, 0.15) is 19.3 Å². The summed E-state index contributed by atoms with van der Waals surface area (Å²) in [6.45, 7) is 3.12. The standard InChI is InChI=1S/C14H21BrN2O2S3/c15-13-4-5-14(21-13)22(18,19)17-7-2-6-16(8-9-17)12-3-1-10-20-11-12/h4-5,12H,1-3,6-11H2/t12-/m0/s1. The van der Waals surface area contributed by atoms with Gasteiger partial charge in [-0.1, -0.05) is 0 Å². The highest BCUT2D eigenvalue weighted by atomic mass is 79.9. The highest BCUT2D eigenvalue weighted by Gasteiger charge is 2.30. The van der Waals surface area contributed by atoms with E-state index >= 15 is 0 Å². The summed E-state index contributed by atoms with van der Waals surface area (Å²) >= 11 is 6.68. The number of thioether (sulfide) groups is 1. The molecule has 0 bridgehead atoms. The van der Waals surface area contributed by atoms with E-state index in [0.29, 0.717) is 23.3 Å². The second-order valence-corrected chi connectivity index (χ2v) is 11.5. The first-order chi connectivity index (χ1) is 10.6. The highest BCUT2D eigenvalue weighted by Crippen LogP contribution is 2.29. The summed E-state index contributed by atoms with van der Waals surface area (Å²) in [4.78, 5) is 2.51. The van der Waals surface area contributed by atoms with Crippen LogP contribution >= 0.6 is 39.0 Å². The van der Waals surface area contributed by atoms with Crippen LogP contribution in [0.15, 0.2) is 20.1 Å². The van der Waals surface area contributed by atoms with Gasteiger partial charge in [-0.3, -0.25) is 4.90 Å². The first-order valence-corrected chi connectivity index (χ1v) is 11.8. The predicted octanol–water partition coefficient (Wildman–Crippen LogP) is 3.10. The van der Waals surface area contributed by atoms with Gasteiger partial charge in [-0.25, -0.2) is 8.42 Å². The molecule has 0 saturated carbocycles. The van der Waals surface area contributed by atoms with Crippen molar-refractivity contribution < 1.29 is 8.42 Å². The number of thiophene rings is 1. The van der Waals surface area contributed by atoms with Gasteiger partial charge in [0.2, 0.25) is 0 Å². The van der Waals surface area contributed by atoms with Crippen molar-refractivity contribution in [2.75, 3.05) is 37.7 Å². The molecule has 2 aliphatic heterocycles. The van der Waals surface area contributed by atoms with Crippen LogP contribution in [0.4, 0.5) is 0 Å². The van der Waals surface area contributed by atoms with Crippen LogP contribution < -0.4 is 0 Å². The van der Waals surface area contributed by atoms with Gasteiger partial charge in [-0.15, -0.1) is 11.3 Å². The SMILES string of the molecule is O=S(=O)(c1ccc(Br)s1)N1CCCN([C@H]2CCCSC2)CC1. The summed E-state index contributed by atoms with van der Waals surface area (Å²) < 4.78 is 28.4. The van der Waals surface area contributed by atoms with E-state index in [1.54, 1.807) is 16.4 Å². The normalized spacial score (nSPS) is 26.0. The zero-order valence-corrected chi connectivity index (χ0v) is 16.4. The van der Waals surface area contributed by atoms with Crippen molar-refractivity contribution >= 4 is 49.1 Å². The van der Waals surface area contributed by atoms with Crippen LogP contribution in [0, 0.1) is 0 Å². The largest absolute Gasteiger partial charge is 0.298 e. The molecule has 0 N–H and O–H groups in total. The van der Waals surface area contributed by atoms with Crippen LogP contribution in [-0.4, -0.2) is 61.3 Å². The van der Waals surface area contributed by atoms with Crippen LogP contribution in [-0.2, 0) is 10.0 Å². The lowest BCUT2D eigenvalue weighted by Gasteiger charge is -2.33. The Bertz CT molecular complexity index is 599. The molecule has 0 amide bonds.